The number of hydrogen-bond acceptors (Lipinski definition) is 7. The van der Waals surface area contributed by atoms with Crippen LogP contribution in [0.15, 0.2) is 72.8 Å². The highest BCUT2D eigenvalue weighted by Gasteiger charge is 2.39. The molecule has 10 nitrogen and oxygen atoms in total. The maximum absolute atomic E-state index is 13.7. The van der Waals surface area contributed by atoms with E-state index in [4.69, 9.17) is 9.47 Å². The van der Waals surface area contributed by atoms with Crippen LogP contribution in [-0.2, 0) is 16.1 Å². The predicted octanol–water partition coefficient (Wildman–Crippen LogP) is 3.23. The van der Waals surface area contributed by atoms with Gasteiger partial charge in [-0.1, -0.05) is 48.5 Å². The van der Waals surface area contributed by atoms with Crippen LogP contribution in [0.1, 0.15) is 52.0 Å². The van der Waals surface area contributed by atoms with E-state index >= 15 is 0 Å². The first kappa shape index (κ1) is 29.8. The van der Waals surface area contributed by atoms with Gasteiger partial charge >= 0.3 is 5.97 Å². The molecule has 10 heteroatoms. The number of aromatic carboxylic acids is 1. The molecule has 3 heterocycles. The van der Waals surface area contributed by atoms with Gasteiger partial charge in [0.15, 0.2) is 0 Å². The van der Waals surface area contributed by atoms with E-state index in [1.165, 1.54) is 0 Å². The van der Waals surface area contributed by atoms with Crippen LogP contribution in [0, 0.1) is 0 Å². The van der Waals surface area contributed by atoms with Crippen LogP contribution in [0.5, 0.6) is 5.75 Å². The highest BCUT2D eigenvalue weighted by molar-refractivity contribution is 5.98. The number of fused-ring (bicyclic) bond motifs is 5. The summed E-state index contributed by atoms with van der Waals surface area (Å²) in [6.07, 6.45) is 0.838. The molecule has 2 amide bonds. The van der Waals surface area contributed by atoms with Crippen molar-refractivity contribution < 1.29 is 34.1 Å². The molecule has 4 bridgehead atoms. The standard InChI is InChI=1S/C34H37N3O7/c38-29-13-11-26-14-15-43-30-16-24(22-4-2-1-3-5-22)10-12-27(30)32(39)36-25-17-28(33(40)35-18-31(29)44-26)37(20-25)19-21-6-8-23(9-7-21)34(41)42/h1-10,12,16,25-26,28-29,31,38H,11,13-15,17-20H2,(H,35,40)(H,36,39)(H,41,42)/t25-,26-,28-,29-,31+/m0/s1. The van der Waals surface area contributed by atoms with E-state index in [-0.39, 0.29) is 36.1 Å². The van der Waals surface area contributed by atoms with Gasteiger partial charge in [-0.25, -0.2) is 4.79 Å². The summed E-state index contributed by atoms with van der Waals surface area (Å²) in [4.78, 5) is 40.5. The Labute approximate surface area is 256 Å². The lowest BCUT2D eigenvalue weighted by Gasteiger charge is -2.34. The Bertz CT molecular complexity index is 1500. The van der Waals surface area contributed by atoms with Gasteiger partial charge in [-0.05, 0) is 60.2 Å². The highest BCUT2D eigenvalue weighted by atomic mass is 16.5. The summed E-state index contributed by atoms with van der Waals surface area (Å²) >= 11 is 0. The molecule has 0 saturated carbocycles. The second-order valence-corrected chi connectivity index (χ2v) is 11.8. The van der Waals surface area contributed by atoms with Crippen LogP contribution in [0.25, 0.3) is 11.1 Å². The number of aliphatic hydroxyl groups excluding tert-OH is 1. The maximum Gasteiger partial charge on any atom is 0.335 e. The van der Waals surface area contributed by atoms with Crippen LogP contribution < -0.4 is 15.4 Å². The van der Waals surface area contributed by atoms with Crippen molar-refractivity contribution in [1.82, 2.24) is 15.5 Å². The smallest absolute Gasteiger partial charge is 0.335 e. The third kappa shape index (κ3) is 6.77. The van der Waals surface area contributed by atoms with Gasteiger partial charge in [0.1, 0.15) is 11.9 Å². The molecule has 230 valence electrons. The first-order chi connectivity index (χ1) is 21.3. The van der Waals surface area contributed by atoms with Gasteiger partial charge in [-0.15, -0.1) is 0 Å². The zero-order chi connectivity index (χ0) is 30.6. The van der Waals surface area contributed by atoms with Crippen molar-refractivity contribution in [1.29, 1.82) is 0 Å². The largest absolute Gasteiger partial charge is 0.493 e. The minimum Gasteiger partial charge on any atom is -0.493 e. The Hall–Kier alpha value is -4.25. The molecule has 4 N–H and O–H groups in total. The summed E-state index contributed by atoms with van der Waals surface area (Å²) in [7, 11) is 0. The van der Waals surface area contributed by atoms with E-state index < -0.39 is 24.2 Å². The van der Waals surface area contributed by atoms with Crippen molar-refractivity contribution >= 4 is 17.8 Å². The van der Waals surface area contributed by atoms with Crippen molar-refractivity contribution in [3.8, 4) is 16.9 Å². The molecule has 3 aromatic rings. The van der Waals surface area contributed by atoms with Gasteiger partial charge in [0.05, 0.1) is 36.0 Å². The quantitative estimate of drug-likeness (QED) is 0.359. The summed E-state index contributed by atoms with van der Waals surface area (Å²) in [6.45, 7) is 1.33. The molecule has 5 atom stereocenters. The maximum atomic E-state index is 13.7. The molecule has 44 heavy (non-hydrogen) atoms. The Kier molecular flexibility index (Phi) is 8.92. The molecular weight excluding hydrogens is 562 g/mol. The molecule has 2 saturated heterocycles. The molecule has 0 unspecified atom stereocenters. The number of carbonyl (C=O) groups excluding carboxylic acids is 2. The van der Waals surface area contributed by atoms with Crippen molar-refractivity contribution in [2.24, 2.45) is 0 Å². The van der Waals surface area contributed by atoms with Crippen LogP contribution in [0.4, 0.5) is 0 Å². The number of likely N-dealkylation sites (tertiary alicyclic amines) is 1. The van der Waals surface area contributed by atoms with Crippen LogP contribution >= 0.6 is 0 Å². The van der Waals surface area contributed by atoms with E-state index in [2.05, 4.69) is 10.6 Å². The zero-order valence-corrected chi connectivity index (χ0v) is 24.4. The monoisotopic (exact) mass is 599 g/mol. The average molecular weight is 600 g/mol. The van der Waals surface area contributed by atoms with Gasteiger partial charge in [-0.2, -0.15) is 0 Å². The van der Waals surface area contributed by atoms with Crippen molar-refractivity contribution in [3.05, 3.63) is 89.5 Å². The number of carboxylic acids is 1. The predicted molar refractivity (Wildman–Crippen MR) is 162 cm³/mol. The number of ether oxygens (including phenoxy) is 2. The number of hydrogen-bond donors (Lipinski definition) is 4. The molecular formula is C34H37N3O7. The van der Waals surface area contributed by atoms with Crippen molar-refractivity contribution in [2.75, 3.05) is 19.7 Å². The van der Waals surface area contributed by atoms with E-state index in [1.54, 1.807) is 30.3 Å². The summed E-state index contributed by atoms with van der Waals surface area (Å²) in [5.41, 5.74) is 3.40. The Balaban J connectivity index is 1.28. The topological polar surface area (TPSA) is 137 Å². The fourth-order valence-corrected chi connectivity index (χ4v) is 6.31. The first-order valence-electron chi connectivity index (χ1n) is 15.1. The molecule has 0 spiro atoms. The number of benzene rings is 3. The Morgan fingerprint density at radius 3 is 2.52 bits per heavy atom. The van der Waals surface area contributed by atoms with E-state index in [9.17, 15) is 24.6 Å². The molecule has 3 aliphatic heterocycles. The number of nitrogens with one attached hydrogen (secondary N) is 2. The first-order valence-corrected chi connectivity index (χ1v) is 15.1. The lowest BCUT2D eigenvalue weighted by Crippen LogP contribution is -2.50. The number of aliphatic hydroxyl groups is 1. The fourth-order valence-electron chi connectivity index (χ4n) is 6.31. The minimum absolute atomic E-state index is 0.149. The SMILES string of the molecule is O=C(O)c1ccc(CN2C[C@@H]3C[C@H]2C(=O)NC[C@H]2O[C@H](CCOc4cc(-c5ccccc5)ccc4C(=O)N3)CC[C@@H]2O)cc1. The van der Waals surface area contributed by atoms with Crippen molar-refractivity contribution in [3.63, 3.8) is 0 Å². The van der Waals surface area contributed by atoms with E-state index in [0.29, 0.717) is 56.7 Å². The van der Waals surface area contributed by atoms with Crippen molar-refractivity contribution in [2.45, 2.75) is 62.6 Å². The summed E-state index contributed by atoms with van der Waals surface area (Å²) in [5.74, 6) is -1.01. The van der Waals surface area contributed by atoms with Gasteiger partial charge in [-0.3, -0.25) is 14.5 Å². The molecule has 0 aromatic heterocycles. The van der Waals surface area contributed by atoms with E-state index in [1.807, 2.05) is 47.4 Å². The number of carbonyl (C=O) groups is 3. The Morgan fingerprint density at radius 1 is 0.955 bits per heavy atom. The average Bonchev–Trinajstić information content (AvgIpc) is 3.43. The van der Waals surface area contributed by atoms with Gasteiger partial charge in [0, 0.05) is 32.1 Å². The number of rotatable bonds is 4. The van der Waals surface area contributed by atoms with Gasteiger partial charge in [0.25, 0.3) is 5.91 Å². The third-order valence-corrected chi connectivity index (χ3v) is 8.72. The number of carboxylic acid groups (broad SMARTS) is 1. The Morgan fingerprint density at radius 2 is 1.75 bits per heavy atom. The normalized spacial score (nSPS) is 26.2. The lowest BCUT2D eigenvalue weighted by atomic mass is 9.99. The molecule has 2 fully saturated rings. The van der Waals surface area contributed by atoms with Gasteiger partial charge < -0.3 is 30.3 Å². The van der Waals surface area contributed by atoms with Crippen LogP contribution in [0.3, 0.4) is 0 Å². The molecule has 0 radical (unpaired) electrons. The number of nitrogens with zero attached hydrogens (tertiary/aromatic N) is 1. The molecule has 0 aliphatic carbocycles. The molecule has 3 aromatic carbocycles. The third-order valence-electron chi connectivity index (χ3n) is 8.72. The lowest BCUT2D eigenvalue weighted by molar-refractivity contribution is -0.133. The van der Waals surface area contributed by atoms with Gasteiger partial charge in [0.2, 0.25) is 5.91 Å². The zero-order valence-electron chi connectivity index (χ0n) is 24.4. The molecule has 3 aliphatic rings. The summed E-state index contributed by atoms with van der Waals surface area (Å²) in [6, 6.07) is 21.2. The second-order valence-electron chi connectivity index (χ2n) is 11.8. The minimum atomic E-state index is -1.00. The number of amides is 2. The summed E-state index contributed by atoms with van der Waals surface area (Å²) in [5, 5.41) is 26.0. The van der Waals surface area contributed by atoms with E-state index in [0.717, 1.165) is 16.7 Å². The van der Waals surface area contributed by atoms with Crippen LogP contribution in [0.2, 0.25) is 0 Å². The molecule has 6 rings (SSSR count). The fraction of sp³-hybridized carbons (Fsp3) is 0.382. The second kappa shape index (κ2) is 13.2. The van der Waals surface area contributed by atoms with Crippen LogP contribution in [-0.4, -0.2) is 83.0 Å². The summed E-state index contributed by atoms with van der Waals surface area (Å²) < 4.78 is 12.4. The highest BCUT2D eigenvalue weighted by Crippen LogP contribution is 2.30.